The average Bonchev–Trinajstić information content (AvgIpc) is 2.89. The Morgan fingerprint density at radius 1 is 1.28 bits per heavy atom. The molecule has 1 rings (SSSR count). The first-order valence-corrected chi connectivity index (χ1v) is 7.99. The molecule has 1 aliphatic heterocycles. The topological polar surface area (TPSA) is 171 Å². The van der Waals surface area contributed by atoms with Gasteiger partial charge in [0.15, 0.2) is 6.10 Å². The van der Waals surface area contributed by atoms with E-state index >= 15 is 0 Å². The minimum atomic E-state index is -1.27. The maximum Gasteiger partial charge on any atom is 0.405 e. The van der Waals surface area contributed by atoms with E-state index in [0.717, 1.165) is 0 Å². The molecule has 0 aromatic carbocycles. The number of ether oxygens (including phenoxy) is 1. The van der Waals surface area contributed by atoms with E-state index in [0.29, 0.717) is 13.0 Å². The highest BCUT2D eigenvalue weighted by molar-refractivity contribution is 6.37. The number of rotatable bonds is 9. The molecule has 25 heavy (non-hydrogen) atoms. The molecule has 140 valence electrons. The van der Waals surface area contributed by atoms with Crippen molar-refractivity contribution in [2.75, 3.05) is 6.54 Å². The maximum atomic E-state index is 12.4. The summed E-state index contributed by atoms with van der Waals surface area (Å²) in [5.74, 6) is -3.79. The predicted octanol–water partition coefficient (Wildman–Crippen LogP) is -1.44. The second-order valence-corrected chi connectivity index (χ2v) is 6.36. The molecule has 10 nitrogen and oxygen atoms in total. The molecular formula is C15H24N4O6. The number of ketones is 1. The Morgan fingerprint density at radius 2 is 1.92 bits per heavy atom. The van der Waals surface area contributed by atoms with E-state index in [1.54, 1.807) is 13.8 Å². The molecule has 10 heteroatoms. The third-order valence-corrected chi connectivity index (χ3v) is 3.80. The van der Waals surface area contributed by atoms with E-state index in [2.05, 4.69) is 10.6 Å². The van der Waals surface area contributed by atoms with Gasteiger partial charge in [-0.15, -0.1) is 0 Å². The summed E-state index contributed by atoms with van der Waals surface area (Å²) in [7, 11) is 0. The average molecular weight is 356 g/mol. The highest BCUT2D eigenvalue weighted by atomic mass is 16.6. The number of nitrogens with two attached hydrogens (primary N) is 2. The molecule has 0 bridgehead atoms. The quantitative estimate of drug-likeness (QED) is 0.369. The van der Waals surface area contributed by atoms with E-state index in [1.165, 1.54) is 0 Å². The van der Waals surface area contributed by atoms with Gasteiger partial charge in [-0.1, -0.05) is 13.8 Å². The number of carbonyl (C=O) groups excluding carboxylic acids is 5. The monoisotopic (exact) mass is 356 g/mol. The molecule has 4 amide bonds. The number of hydrogen-bond donors (Lipinski definition) is 4. The van der Waals surface area contributed by atoms with Gasteiger partial charge in [-0.2, -0.15) is 0 Å². The van der Waals surface area contributed by atoms with Crippen LogP contribution >= 0.6 is 0 Å². The predicted molar refractivity (Wildman–Crippen MR) is 85.8 cm³/mol. The van der Waals surface area contributed by atoms with Crippen LogP contribution in [0.3, 0.4) is 0 Å². The van der Waals surface area contributed by atoms with Crippen molar-refractivity contribution in [3.63, 3.8) is 0 Å². The second kappa shape index (κ2) is 9.00. The molecule has 0 aromatic rings. The lowest BCUT2D eigenvalue weighted by molar-refractivity contribution is -0.140. The zero-order valence-electron chi connectivity index (χ0n) is 14.2. The van der Waals surface area contributed by atoms with E-state index in [4.69, 9.17) is 16.2 Å². The first-order valence-electron chi connectivity index (χ1n) is 7.99. The summed E-state index contributed by atoms with van der Waals surface area (Å²) in [6, 6.07) is -1.27. The van der Waals surface area contributed by atoms with Crippen molar-refractivity contribution in [1.29, 1.82) is 0 Å². The fourth-order valence-corrected chi connectivity index (χ4v) is 2.60. The van der Waals surface area contributed by atoms with E-state index in [-0.39, 0.29) is 24.7 Å². The van der Waals surface area contributed by atoms with Gasteiger partial charge < -0.3 is 26.8 Å². The lowest BCUT2D eigenvalue weighted by atomic mass is 9.95. The fourth-order valence-electron chi connectivity index (χ4n) is 2.60. The van der Waals surface area contributed by atoms with Crippen molar-refractivity contribution in [2.24, 2.45) is 23.3 Å². The molecule has 3 atom stereocenters. The Kier molecular flexibility index (Phi) is 7.34. The summed E-state index contributed by atoms with van der Waals surface area (Å²) < 4.78 is 4.78. The molecule has 1 fully saturated rings. The van der Waals surface area contributed by atoms with Gasteiger partial charge in [0.1, 0.15) is 0 Å². The SMILES string of the molecule is CC(C)C[C@H](OC(N)=O)C(=O)N[C@@H](C[C@@H]1CCNC1=O)C(=O)C(N)=O. The number of hydrogen-bond acceptors (Lipinski definition) is 6. The molecule has 1 heterocycles. The molecule has 6 N–H and O–H groups in total. The number of primary amides is 2. The molecular weight excluding hydrogens is 332 g/mol. The van der Waals surface area contributed by atoms with Crippen molar-refractivity contribution in [3.8, 4) is 0 Å². The van der Waals surface area contributed by atoms with Crippen LogP contribution in [0.2, 0.25) is 0 Å². The van der Waals surface area contributed by atoms with Crippen LogP contribution in [0.25, 0.3) is 0 Å². The third-order valence-electron chi connectivity index (χ3n) is 3.80. The zero-order valence-corrected chi connectivity index (χ0v) is 14.2. The molecule has 1 aliphatic rings. The van der Waals surface area contributed by atoms with Crippen LogP contribution in [0.1, 0.15) is 33.1 Å². The van der Waals surface area contributed by atoms with Gasteiger partial charge in [0.25, 0.3) is 11.8 Å². The van der Waals surface area contributed by atoms with Crippen molar-refractivity contribution >= 4 is 29.6 Å². The van der Waals surface area contributed by atoms with Crippen molar-refractivity contribution in [2.45, 2.75) is 45.3 Å². The van der Waals surface area contributed by atoms with Crippen LogP contribution in [0.5, 0.6) is 0 Å². The molecule has 1 saturated heterocycles. The lowest BCUT2D eigenvalue weighted by Crippen LogP contribution is -2.51. The molecule has 0 unspecified atom stereocenters. The van der Waals surface area contributed by atoms with Gasteiger partial charge in [0, 0.05) is 12.5 Å². The van der Waals surface area contributed by atoms with Crippen molar-refractivity contribution < 1.29 is 28.7 Å². The smallest absolute Gasteiger partial charge is 0.405 e. The fraction of sp³-hybridized carbons (Fsp3) is 0.667. The molecule has 0 spiro atoms. The van der Waals surface area contributed by atoms with Crippen LogP contribution in [-0.2, 0) is 23.9 Å². The van der Waals surface area contributed by atoms with E-state index in [9.17, 15) is 24.0 Å². The summed E-state index contributed by atoms with van der Waals surface area (Å²) in [6.07, 6.45) is -1.75. The summed E-state index contributed by atoms with van der Waals surface area (Å²) in [5, 5.41) is 4.96. The van der Waals surface area contributed by atoms with Gasteiger partial charge in [-0.25, -0.2) is 4.79 Å². The van der Waals surface area contributed by atoms with Gasteiger partial charge in [-0.05, 0) is 25.2 Å². The summed E-state index contributed by atoms with van der Waals surface area (Å²) in [6.45, 7) is 4.06. The molecule has 0 radical (unpaired) electrons. The van der Waals surface area contributed by atoms with Crippen molar-refractivity contribution in [3.05, 3.63) is 0 Å². The molecule has 0 aromatic heterocycles. The number of Topliss-reactive ketones (excluding diaryl/α,β-unsaturated/α-hetero) is 1. The standard InChI is InChI=1S/C15H24N4O6/c1-7(2)5-10(25-15(17)24)14(23)19-9(11(20)12(16)21)6-8-3-4-18-13(8)22/h7-10H,3-6H2,1-2H3,(H2,16,21)(H2,17,24)(H,18,22)(H,19,23)/t8-,9-,10-/m0/s1. The van der Waals surface area contributed by atoms with Gasteiger partial charge >= 0.3 is 6.09 Å². The Labute approximate surface area is 145 Å². The Morgan fingerprint density at radius 3 is 2.36 bits per heavy atom. The van der Waals surface area contributed by atoms with Crippen LogP contribution in [0.15, 0.2) is 0 Å². The van der Waals surface area contributed by atoms with Gasteiger partial charge in [0.05, 0.1) is 6.04 Å². The van der Waals surface area contributed by atoms with Crippen molar-refractivity contribution in [1.82, 2.24) is 10.6 Å². The van der Waals surface area contributed by atoms with Crippen LogP contribution < -0.4 is 22.1 Å². The molecule has 0 saturated carbocycles. The summed E-state index contributed by atoms with van der Waals surface area (Å²) in [5.41, 5.74) is 9.97. The van der Waals surface area contributed by atoms with Crippen LogP contribution in [0, 0.1) is 11.8 Å². The Balaban J connectivity index is 2.87. The Hall–Kier alpha value is -2.65. The summed E-state index contributed by atoms with van der Waals surface area (Å²) in [4.78, 5) is 58.2. The second-order valence-electron chi connectivity index (χ2n) is 6.36. The first kappa shape index (κ1) is 20.4. The third kappa shape index (κ3) is 6.40. The number of carbonyl (C=O) groups is 5. The van der Waals surface area contributed by atoms with Crippen LogP contribution in [0.4, 0.5) is 4.79 Å². The highest BCUT2D eigenvalue weighted by Crippen LogP contribution is 2.17. The minimum Gasteiger partial charge on any atom is -0.436 e. The first-order chi connectivity index (χ1) is 11.6. The van der Waals surface area contributed by atoms with Gasteiger partial charge in [-0.3, -0.25) is 19.2 Å². The van der Waals surface area contributed by atoms with Gasteiger partial charge in [0.2, 0.25) is 11.7 Å². The largest absolute Gasteiger partial charge is 0.436 e. The zero-order chi connectivity index (χ0) is 19.1. The number of amides is 4. The number of nitrogens with one attached hydrogen (secondary N) is 2. The van der Waals surface area contributed by atoms with Crippen LogP contribution in [-0.4, -0.2) is 48.3 Å². The Bertz CT molecular complexity index is 562. The molecule has 0 aliphatic carbocycles. The maximum absolute atomic E-state index is 12.4. The van der Waals surface area contributed by atoms with E-state index in [1.807, 2.05) is 0 Å². The highest BCUT2D eigenvalue weighted by Gasteiger charge is 2.35. The normalized spacial score (nSPS) is 19.0. The summed E-state index contributed by atoms with van der Waals surface area (Å²) >= 11 is 0. The minimum absolute atomic E-state index is 0.000928. The van der Waals surface area contributed by atoms with E-state index < -0.39 is 41.8 Å². The lowest BCUT2D eigenvalue weighted by Gasteiger charge is -2.23.